The Hall–Kier alpha value is -0.765. The number of benzene rings is 1. The molecule has 0 spiro atoms. The van der Waals surface area contributed by atoms with E-state index in [-0.39, 0.29) is 16.9 Å². The molecule has 1 aromatic carbocycles. The molecule has 1 aromatic rings. The quantitative estimate of drug-likeness (QED) is 0.550. The van der Waals surface area contributed by atoms with Gasteiger partial charge >= 0.3 is 7.12 Å². The molecule has 5 nitrogen and oxygen atoms in total. The Kier molecular flexibility index (Phi) is 6.99. The molecule has 0 heterocycles. The Morgan fingerprint density at radius 3 is 2.48 bits per heavy atom. The minimum Gasteiger partial charge on any atom is -0.423 e. The van der Waals surface area contributed by atoms with E-state index in [4.69, 9.17) is 10.0 Å². The highest BCUT2D eigenvalue weighted by Gasteiger charge is 2.28. The monoisotopic (exact) mass is 335 g/mol. The van der Waals surface area contributed by atoms with E-state index in [1.807, 2.05) is 6.92 Å². The Morgan fingerprint density at radius 1 is 1.29 bits per heavy atom. The molecule has 0 saturated heterocycles. The molecule has 21 heavy (non-hydrogen) atoms. The van der Waals surface area contributed by atoms with Gasteiger partial charge in [-0.2, -0.15) is 0 Å². The maximum Gasteiger partial charge on any atom is 0.491 e. The molecular formula is C12H19BFNO4S2. The van der Waals surface area contributed by atoms with Gasteiger partial charge in [-0.15, -0.1) is 0 Å². The summed E-state index contributed by atoms with van der Waals surface area (Å²) in [5, 5.41) is 18.3. The Morgan fingerprint density at radius 2 is 1.95 bits per heavy atom. The third kappa shape index (κ3) is 4.60. The van der Waals surface area contributed by atoms with Crippen LogP contribution in [0.15, 0.2) is 18.2 Å². The second-order valence-electron chi connectivity index (χ2n) is 4.43. The van der Waals surface area contributed by atoms with Crippen molar-refractivity contribution in [2.45, 2.75) is 26.7 Å². The molecule has 0 aromatic heterocycles. The van der Waals surface area contributed by atoms with Gasteiger partial charge in [-0.1, -0.05) is 26.0 Å². The maximum absolute atomic E-state index is 14.3. The predicted octanol–water partition coefficient (Wildman–Crippen LogP) is 1.11. The second kappa shape index (κ2) is 8.02. The number of halogens is 1. The first-order chi connectivity index (χ1) is 9.85. The zero-order valence-corrected chi connectivity index (χ0v) is 13.6. The van der Waals surface area contributed by atoms with E-state index in [1.165, 1.54) is 18.2 Å². The van der Waals surface area contributed by atoms with Gasteiger partial charge in [0.25, 0.3) is 0 Å². The first kappa shape index (κ1) is 18.3. The molecule has 0 atom stereocenters. The van der Waals surface area contributed by atoms with Crippen LogP contribution in [0.4, 0.5) is 10.1 Å². The van der Waals surface area contributed by atoms with Gasteiger partial charge in [0, 0.05) is 11.2 Å². The SMILES string of the molecule is CCCSN(c1cccc(B(O)O)c1F)S(=O)(=O)CCC. The number of nitrogens with zero attached hydrogens (tertiary/aromatic N) is 1. The third-order valence-corrected chi connectivity index (χ3v) is 6.26. The van der Waals surface area contributed by atoms with Crippen LogP contribution in [0, 0.1) is 5.82 Å². The number of hydrogen-bond acceptors (Lipinski definition) is 5. The lowest BCUT2D eigenvalue weighted by Gasteiger charge is -2.23. The van der Waals surface area contributed by atoms with E-state index in [0.717, 1.165) is 22.1 Å². The summed E-state index contributed by atoms with van der Waals surface area (Å²) in [6.45, 7) is 3.62. The van der Waals surface area contributed by atoms with Crippen LogP contribution in [0.2, 0.25) is 0 Å². The average molecular weight is 335 g/mol. The lowest BCUT2D eigenvalue weighted by molar-refractivity contribution is 0.423. The molecule has 0 fully saturated rings. The molecule has 0 aliphatic heterocycles. The molecule has 0 radical (unpaired) electrons. The van der Waals surface area contributed by atoms with Gasteiger partial charge in [-0.25, -0.2) is 16.5 Å². The van der Waals surface area contributed by atoms with Crippen molar-refractivity contribution in [1.29, 1.82) is 0 Å². The van der Waals surface area contributed by atoms with Gasteiger partial charge in [-0.05, 0) is 30.9 Å². The minimum atomic E-state index is -3.67. The summed E-state index contributed by atoms with van der Waals surface area (Å²) in [5.74, 6) is -0.528. The van der Waals surface area contributed by atoms with Crippen molar-refractivity contribution in [2.75, 3.05) is 15.2 Å². The molecule has 0 amide bonds. The third-order valence-electron chi connectivity index (χ3n) is 2.61. The van der Waals surface area contributed by atoms with Crippen LogP contribution in [-0.2, 0) is 10.0 Å². The molecule has 0 unspecified atom stereocenters. The largest absolute Gasteiger partial charge is 0.491 e. The van der Waals surface area contributed by atoms with Crippen LogP contribution in [0.5, 0.6) is 0 Å². The number of anilines is 1. The fourth-order valence-electron chi connectivity index (χ4n) is 1.69. The van der Waals surface area contributed by atoms with Crippen molar-refractivity contribution in [3.05, 3.63) is 24.0 Å². The highest BCUT2D eigenvalue weighted by molar-refractivity contribution is 8.14. The normalized spacial score (nSPS) is 11.5. The van der Waals surface area contributed by atoms with Crippen molar-refractivity contribution in [1.82, 2.24) is 0 Å². The Bertz CT molecular complexity index is 568. The lowest BCUT2D eigenvalue weighted by Crippen LogP contribution is -2.35. The lowest BCUT2D eigenvalue weighted by atomic mass is 9.79. The molecule has 118 valence electrons. The second-order valence-corrected chi connectivity index (χ2v) is 7.63. The van der Waals surface area contributed by atoms with Crippen LogP contribution in [0.3, 0.4) is 0 Å². The fourth-order valence-corrected chi connectivity index (χ4v) is 4.53. The van der Waals surface area contributed by atoms with Crippen LogP contribution >= 0.6 is 11.9 Å². The van der Waals surface area contributed by atoms with Crippen molar-refractivity contribution < 1.29 is 22.9 Å². The van der Waals surface area contributed by atoms with Gasteiger partial charge in [0.15, 0.2) is 0 Å². The van der Waals surface area contributed by atoms with Crippen molar-refractivity contribution in [3.63, 3.8) is 0 Å². The van der Waals surface area contributed by atoms with Gasteiger partial charge in [0.1, 0.15) is 5.82 Å². The van der Waals surface area contributed by atoms with Crippen LogP contribution in [-0.4, -0.2) is 37.1 Å². The molecule has 0 saturated carbocycles. The number of rotatable bonds is 8. The zero-order valence-electron chi connectivity index (χ0n) is 12.0. The van der Waals surface area contributed by atoms with Gasteiger partial charge in [0.2, 0.25) is 10.0 Å². The topological polar surface area (TPSA) is 77.8 Å². The van der Waals surface area contributed by atoms with E-state index in [0.29, 0.717) is 12.2 Å². The minimum absolute atomic E-state index is 0.102. The highest BCUT2D eigenvalue weighted by atomic mass is 32.3. The van der Waals surface area contributed by atoms with Gasteiger partial charge < -0.3 is 10.0 Å². The van der Waals surface area contributed by atoms with E-state index in [9.17, 15) is 12.8 Å². The fraction of sp³-hybridized carbons (Fsp3) is 0.500. The van der Waals surface area contributed by atoms with Crippen LogP contribution < -0.4 is 9.17 Å². The summed E-state index contributed by atoms with van der Waals surface area (Å²) in [6, 6.07) is 3.92. The molecular weight excluding hydrogens is 316 g/mol. The maximum atomic E-state index is 14.3. The first-order valence-electron chi connectivity index (χ1n) is 6.65. The van der Waals surface area contributed by atoms with E-state index in [1.54, 1.807) is 6.92 Å². The molecule has 2 N–H and O–H groups in total. The van der Waals surface area contributed by atoms with Crippen molar-refractivity contribution >= 4 is 40.2 Å². The zero-order chi connectivity index (χ0) is 16.0. The predicted molar refractivity (Wildman–Crippen MR) is 85.5 cm³/mol. The first-order valence-corrected chi connectivity index (χ1v) is 9.20. The van der Waals surface area contributed by atoms with E-state index < -0.39 is 23.0 Å². The van der Waals surface area contributed by atoms with Gasteiger partial charge in [0.05, 0.1) is 11.4 Å². The Labute approximate surface area is 129 Å². The van der Waals surface area contributed by atoms with Crippen LogP contribution in [0.25, 0.3) is 0 Å². The summed E-state index contributed by atoms with van der Waals surface area (Å²) in [7, 11) is -5.66. The van der Waals surface area contributed by atoms with Gasteiger partial charge in [-0.3, -0.25) is 0 Å². The highest BCUT2D eigenvalue weighted by Crippen LogP contribution is 2.29. The molecule has 1 rings (SSSR count). The summed E-state index contributed by atoms with van der Waals surface area (Å²) < 4.78 is 39.8. The standard InChI is InChI=1S/C12H19BFNO4S2/c1-3-8-20-15(21(18,19)9-4-2)11-7-5-6-10(12(11)14)13(16)17/h5-7,16-17H,3-4,8-9H2,1-2H3. The summed E-state index contributed by atoms with van der Waals surface area (Å²) in [5.41, 5.74) is -0.520. The molecule has 9 heteroatoms. The van der Waals surface area contributed by atoms with Crippen molar-refractivity contribution in [2.24, 2.45) is 0 Å². The van der Waals surface area contributed by atoms with E-state index >= 15 is 0 Å². The average Bonchev–Trinajstić information content (AvgIpc) is 2.40. The van der Waals surface area contributed by atoms with Crippen LogP contribution in [0.1, 0.15) is 26.7 Å². The van der Waals surface area contributed by atoms with Crippen molar-refractivity contribution in [3.8, 4) is 0 Å². The molecule has 0 aliphatic carbocycles. The summed E-state index contributed by atoms with van der Waals surface area (Å²) in [4.78, 5) is 0. The summed E-state index contributed by atoms with van der Waals surface area (Å²) >= 11 is 0.998. The summed E-state index contributed by atoms with van der Waals surface area (Å²) in [6.07, 6.45) is 1.14. The van der Waals surface area contributed by atoms with E-state index in [2.05, 4.69) is 0 Å². The smallest absolute Gasteiger partial charge is 0.423 e. The number of sulfonamides is 1. The molecule has 0 bridgehead atoms. The molecule has 0 aliphatic rings. The Balaban J connectivity index is 3.30. The number of hydrogen-bond donors (Lipinski definition) is 2.